The lowest BCUT2D eigenvalue weighted by atomic mass is 10.1. The van der Waals surface area contributed by atoms with E-state index < -0.39 is 75.9 Å². The minimum absolute atomic E-state index is 0.188. The lowest BCUT2D eigenvalue weighted by molar-refractivity contribution is 0.0617. The standard InChI is InChI=1S/C18H13F6NO4/c1-4-25(17(26)7-5-9(19)13(23)15(28-2)11(7)21)18(27)8-6-10(20)14(24)16(29-3)12(8)22/h5-6H,4H2,1-3H3. The number of carbonyl (C=O) groups excluding carboxylic acids is 2. The molecule has 0 radical (unpaired) electrons. The summed E-state index contributed by atoms with van der Waals surface area (Å²) in [6.45, 7) is 0.721. The van der Waals surface area contributed by atoms with Crippen molar-refractivity contribution in [2.24, 2.45) is 0 Å². The normalized spacial score (nSPS) is 10.7. The zero-order valence-corrected chi connectivity index (χ0v) is 15.2. The van der Waals surface area contributed by atoms with Gasteiger partial charge in [-0.05, 0) is 19.1 Å². The summed E-state index contributed by atoms with van der Waals surface area (Å²) >= 11 is 0. The van der Waals surface area contributed by atoms with Gasteiger partial charge in [0.05, 0.1) is 25.3 Å². The van der Waals surface area contributed by atoms with Crippen molar-refractivity contribution in [3.63, 3.8) is 0 Å². The van der Waals surface area contributed by atoms with Gasteiger partial charge in [-0.15, -0.1) is 0 Å². The number of benzene rings is 2. The second-order valence-electron chi connectivity index (χ2n) is 5.49. The zero-order chi connectivity index (χ0) is 22.0. The summed E-state index contributed by atoms with van der Waals surface area (Å²) < 4.78 is 91.9. The van der Waals surface area contributed by atoms with Gasteiger partial charge in [-0.1, -0.05) is 0 Å². The third-order valence-corrected chi connectivity index (χ3v) is 3.91. The summed E-state index contributed by atoms with van der Waals surface area (Å²) in [5.74, 6) is -15.3. The fourth-order valence-corrected chi connectivity index (χ4v) is 2.50. The van der Waals surface area contributed by atoms with Crippen molar-refractivity contribution in [3.8, 4) is 11.5 Å². The van der Waals surface area contributed by atoms with Crippen LogP contribution in [0.5, 0.6) is 11.5 Å². The number of hydrogen-bond donors (Lipinski definition) is 0. The van der Waals surface area contributed by atoms with E-state index >= 15 is 0 Å². The Balaban J connectivity index is 2.58. The number of amides is 2. The summed E-state index contributed by atoms with van der Waals surface area (Å²) in [5, 5.41) is 0. The average Bonchev–Trinajstić information content (AvgIpc) is 2.68. The van der Waals surface area contributed by atoms with Crippen molar-refractivity contribution < 1.29 is 45.4 Å². The molecule has 0 aliphatic heterocycles. The molecule has 0 aliphatic rings. The highest BCUT2D eigenvalue weighted by atomic mass is 19.2. The fourth-order valence-electron chi connectivity index (χ4n) is 2.50. The summed E-state index contributed by atoms with van der Waals surface area (Å²) in [7, 11) is 1.64. The first-order chi connectivity index (χ1) is 13.6. The van der Waals surface area contributed by atoms with E-state index in [0.29, 0.717) is 0 Å². The van der Waals surface area contributed by atoms with Gasteiger partial charge in [-0.3, -0.25) is 14.5 Å². The molecule has 0 atom stereocenters. The van der Waals surface area contributed by atoms with Crippen LogP contribution in [-0.2, 0) is 0 Å². The van der Waals surface area contributed by atoms with Crippen LogP contribution in [0.25, 0.3) is 0 Å². The highest BCUT2D eigenvalue weighted by Gasteiger charge is 2.32. The van der Waals surface area contributed by atoms with Gasteiger partial charge in [0.25, 0.3) is 11.8 Å². The molecule has 0 bridgehead atoms. The second-order valence-corrected chi connectivity index (χ2v) is 5.49. The van der Waals surface area contributed by atoms with Gasteiger partial charge >= 0.3 is 0 Å². The molecule has 0 saturated carbocycles. The maximum atomic E-state index is 14.3. The minimum Gasteiger partial charge on any atom is -0.491 e. The maximum absolute atomic E-state index is 14.3. The number of imide groups is 1. The Morgan fingerprint density at radius 1 is 0.759 bits per heavy atom. The number of halogens is 6. The molecular weight excluding hydrogens is 408 g/mol. The molecule has 0 fully saturated rings. The molecule has 5 nitrogen and oxygen atoms in total. The molecule has 0 spiro atoms. The van der Waals surface area contributed by atoms with Crippen LogP contribution in [0, 0.1) is 34.9 Å². The Hall–Kier alpha value is -3.24. The Morgan fingerprint density at radius 3 is 1.38 bits per heavy atom. The van der Waals surface area contributed by atoms with Crippen molar-refractivity contribution in [1.29, 1.82) is 0 Å². The lowest BCUT2D eigenvalue weighted by Crippen LogP contribution is -2.38. The predicted octanol–water partition coefficient (Wildman–Crippen LogP) is 3.84. The Labute approximate surface area is 160 Å². The summed E-state index contributed by atoms with van der Waals surface area (Å²) in [6, 6.07) is 0.376. The fraction of sp³-hybridized carbons (Fsp3) is 0.222. The molecule has 0 aromatic heterocycles. The van der Waals surface area contributed by atoms with Gasteiger partial charge in [0.2, 0.25) is 11.6 Å². The van der Waals surface area contributed by atoms with Crippen LogP contribution >= 0.6 is 0 Å². The van der Waals surface area contributed by atoms with E-state index in [9.17, 15) is 35.9 Å². The largest absolute Gasteiger partial charge is 0.491 e. The second kappa shape index (κ2) is 8.41. The molecule has 0 heterocycles. The predicted molar refractivity (Wildman–Crippen MR) is 86.8 cm³/mol. The maximum Gasteiger partial charge on any atom is 0.263 e. The van der Waals surface area contributed by atoms with Gasteiger partial charge in [-0.25, -0.2) is 17.6 Å². The van der Waals surface area contributed by atoms with Crippen molar-refractivity contribution in [2.45, 2.75) is 6.92 Å². The first-order valence-electron chi connectivity index (χ1n) is 7.89. The highest BCUT2D eigenvalue weighted by molar-refractivity contribution is 6.10. The van der Waals surface area contributed by atoms with Crippen molar-refractivity contribution >= 4 is 11.8 Å². The monoisotopic (exact) mass is 421 g/mol. The zero-order valence-electron chi connectivity index (χ0n) is 15.2. The van der Waals surface area contributed by atoms with E-state index in [0.717, 1.165) is 14.2 Å². The molecule has 2 amide bonds. The molecule has 156 valence electrons. The van der Waals surface area contributed by atoms with Crippen molar-refractivity contribution in [1.82, 2.24) is 4.90 Å². The number of rotatable bonds is 5. The molecule has 0 N–H and O–H groups in total. The van der Waals surface area contributed by atoms with Crippen LogP contribution in [0.1, 0.15) is 27.6 Å². The molecular formula is C18H13F6NO4. The molecule has 0 saturated heterocycles. The van der Waals surface area contributed by atoms with Crippen molar-refractivity contribution in [2.75, 3.05) is 20.8 Å². The first kappa shape index (κ1) is 22.1. The van der Waals surface area contributed by atoms with Gasteiger partial charge in [0.1, 0.15) is 0 Å². The molecule has 0 unspecified atom stereocenters. The van der Waals surface area contributed by atoms with E-state index in [1.807, 2.05) is 0 Å². The number of methoxy groups -OCH3 is 2. The summed E-state index contributed by atoms with van der Waals surface area (Å²) in [6.07, 6.45) is 0. The summed E-state index contributed by atoms with van der Waals surface area (Å²) in [5.41, 5.74) is -2.18. The smallest absolute Gasteiger partial charge is 0.263 e. The minimum atomic E-state index is -1.70. The Kier molecular flexibility index (Phi) is 6.40. The lowest BCUT2D eigenvalue weighted by Gasteiger charge is -2.21. The van der Waals surface area contributed by atoms with E-state index in [-0.39, 0.29) is 17.0 Å². The van der Waals surface area contributed by atoms with Gasteiger partial charge in [0, 0.05) is 6.54 Å². The third-order valence-electron chi connectivity index (χ3n) is 3.91. The third kappa shape index (κ3) is 3.71. The van der Waals surface area contributed by atoms with E-state index in [1.54, 1.807) is 0 Å². The van der Waals surface area contributed by atoms with E-state index in [4.69, 9.17) is 0 Å². The molecule has 29 heavy (non-hydrogen) atoms. The van der Waals surface area contributed by atoms with Crippen LogP contribution in [-0.4, -0.2) is 37.5 Å². The molecule has 2 aromatic carbocycles. The Bertz CT molecular complexity index is 918. The van der Waals surface area contributed by atoms with E-state index in [1.165, 1.54) is 6.92 Å². The SMILES string of the molecule is CCN(C(=O)c1cc(F)c(F)c(OC)c1F)C(=O)c1cc(F)c(F)c(OC)c1F. The average molecular weight is 421 g/mol. The van der Waals surface area contributed by atoms with Gasteiger partial charge in [-0.2, -0.15) is 8.78 Å². The molecule has 2 aromatic rings. The van der Waals surface area contributed by atoms with Gasteiger partial charge in [0.15, 0.2) is 34.8 Å². The highest BCUT2D eigenvalue weighted by Crippen LogP contribution is 2.30. The molecule has 2 rings (SSSR count). The van der Waals surface area contributed by atoms with E-state index in [2.05, 4.69) is 9.47 Å². The molecule has 11 heteroatoms. The van der Waals surface area contributed by atoms with Crippen LogP contribution in [0.3, 0.4) is 0 Å². The number of ether oxygens (including phenoxy) is 2. The quantitative estimate of drug-likeness (QED) is 0.418. The van der Waals surface area contributed by atoms with Crippen LogP contribution < -0.4 is 9.47 Å². The molecule has 0 aliphatic carbocycles. The number of hydrogen-bond acceptors (Lipinski definition) is 4. The number of nitrogens with zero attached hydrogens (tertiary/aromatic N) is 1. The Morgan fingerprint density at radius 2 is 1.10 bits per heavy atom. The topological polar surface area (TPSA) is 55.8 Å². The van der Waals surface area contributed by atoms with Crippen LogP contribution in [0.15, 0.2) is 12.1 Å². The number of carbonyl (C=O) groups is 2. The van der Waals surface area contributed by atoms with Crippen LogP contribution in [0.2, 0.25) is 0 Å². The van der Waals surface area contributed by atoms with Gasteiger partial charge < -0.3 is 9.47 Å². The van der Waals surface area contributed by atoms with Crippen LogP contribution in [0.4, 0.5) is 26.3 Å². The van der Waals surface area contributed by atoms with Crippen molar-refractivity contribution in [3.05, 3.63) is 58.2 Å². The first-order valence-corrected chi connectivity index (χ1v) is 7.89. The summed E-state index contributed by atoms with van der Waals surface area (Å²) in [4.78, 5) is 25.3.